The fraction of sp³-hybridized carbons (Fsp3) is 0.714. The Morgan fingerprint density at radius 3 is 2.60 bits per heavy atom. The molecule has 0 aromatic heterocycles. The first kappa shape index (κ1) is 8.49. The summed E-state index contributed by atoms with van der Waals surface area (Å²) in [5.74, 6) is 0. The fourth-order valence-electron chi connectivity index (χ4n) is 0.814. The van der Waals surface area contributed by atoms with Gasteiger partial charge >= 0.3 is 0 Å². The second-order valence-electron chi connectivity index (χ2n) is 2.03. The van der Waals surface area contributed by atoms with E-state index in [1.54, 1.807) is 0 Å². The van der Waals surface area contributed by atoms with Gasteiger partial charge in [-0.1, -0.05) is 34.7 Å². The van der Waals surface area contributed by atoms with Gasteiger partial charge in [0.15, 0.2) is 6.29 Å². The van der Waals surface area contributed by atoms with Gasteiger partial charge in [-0.05, 0) is 0 Å². The third kappa shape index (κ3) is 2.98. The average molecular weight is 254 g/mol. The molecule has 58 valence electrons. The zero-order valence-electron chi connectivity index (χ0n) is 5.75. The van der Waals surface area contributed by atoms with E-state index in [9.17, 15) is 0 Å². The van der Waals surface area contributed by atoms with E-state index in [4.69, 9.17) is 9.47 Å². The minimum atomic E-state index is 0.0270. The number of hydrogen-bond acceptors (Lipinski definition) is 2. The second kappa shape index (κ2) is 5.09. The topological polar surface area (TPSA) is 18.5 Å². The molecule has 0 aromatic carbocycles. The Morgan fingerprint density at radius 2 is 2.00 bits per heavy atom. The van der Waals surface area contributed by atoms with Gasteiger partial charge in [0.25, 0.3) is 0 Å². The molecule has 1 fully saturated rings. The molecule has 0 N–H and O–H groups in total. The third-order valence-corrected chi connectivity index (χ3v) is 1.78. The average Bonchev–Trinajstić information content (AvgIpc) is 2.41. The normalized spacial score (nSPS) is 20.9. The van der Waals surface area contributed by atoms with Gasteiger partial charge in [-0.3, -0.25) is 0 Å². The zero-order chi connectivity index (χ0) is 7.23. The highest BCUT2D eigenvalue weighted by Gasteiger charge is 2.12. The van der Waals surface area contributed by atoms with Crippen LogP contribution in [0.5, 0.6) is 0 Å². The first-order valence-electron chi connectivity index (χ1n) is 3.37. The van der Waals surface area contributed by atoms with Crippen LogP contribution in [-0.2, 0) is 9.47 Å². The number of allylic oxidation sites excluding steroid dienone is 1. The summed E-state index contributed by atoms with van der Waals surface area (Å²) in [6.45, 7) is 1.51. The summed E-state index contributed by atoms with van der Waals surface area (Å²) in [6, 6.07) is 0. The maximum absolute atomic E-state index is 5.22. The second-order valence-corrected chi connectivity index (χ2v) is 2.91. The highest BCUT2D eigenvalue weighted by atomic mass is 127. The monoisotopic (exact) mass is 254 g/mol. The van der Waals surface area contributed by atoms with E-state index in [0.717, 1.165) is 24.1 Å². The Labute approximate surface area is 74.7 Å². The highest BCUT2D eigenvalue weighted by molar-refractivity contribution is 14.1. The molecule has 0 spiro atoms. The van der Waals surface area contributed by atoms with Crippen molar-refractivity contribution in [3.05, 3.63) is 12.2 Å². The predicted octanol–water partition coefficient (Wildman–Crippen LogP) is 1.74. The lowest BCUT2D eigenvalue weighted by Gasteiger charge is -2.03. The van der Waals surface area contributed by atoms with Gasteiger partial charge in [-0.2, -0.15) is 0 Å². The summed E-state index contributed by atoms with van der Waals surface area (Å²) in [6.07, 6.45) is 5.14. The summed E-state index contributed by atoms with van der Waals surface area (Å²) < 4.78 is 11.5. The standard InChI is InChI=1S/C7H11IO2/c8-4-2-1-3-7-9-5-6-10-7/h1-2,7H,3-6H2/b2-1+. The molecule has 10 heavy (non-hydrogen) atoms. The van der Waals surface area contributed by atoms with Crippen LogP contribution in [0.25, 0.3) is 0 Å². The lowest BCUT2D eigenvalue weighted by molar-refractivity contribution is -0.0380. The molecule has 1 aliphatic heterocycles. The van der Waals surface area contributed by atoms with E-state index >= 15 is 0 Å². The van der Waals surface area contributed by atoms with Gasteiger partial charge in [-0.15, -0.1) is 0 Å². The van der Waals surface area contributed by atoms with Crippen molar-refractivity contribution in [1.82, 2.24) is 0 Å². The van der Waals surface area contributed by atoms with Crippen molar-refractivity contribution >= 4 is 22.6 Å². The van der Waals surface area contributed by atoms with Crippen molar-refractivity contribution in [3.8, 4) is 0 Å². The first-order chi connectivity index (χ1) is 4.93. The molecule has 1 saturated heterocycles. The predicted molar refractivity (Wildman–Crippen MR) is 48.3 cm³/mol. The third-order valence-electron chi connectivity index (χ3n) is 1.28. The molecule has 3 heteroatoms. The van der Waals surface area contributed by atoms with Crippen LogP contribution in [0, 0.1) is 0 Å². The molecule has 0 amide bonds. The largest absolute Gasteiger partial charge is 0.350 e. The van der Waals surface area contributed by atoms with Gasteiger partial charge in [0.1, 0.15) is 0 Å². The van der Waals surface area contributed by atoms with E-state index in [-0.39, 0.29) is 6.29 Å². The van der Waals surface area contributed by atoms with E-state index in [0.29, 0.717) is 0 Å². The molecule has 0 bridgehead atoms. The molecular weight excluding hydrogens is 243 g/mol. The van der Waals surface area contributed by atoms with Crippen molar-refractivity contribution in [2.24, 2.45) is 0 Å². The van der Waals surface area contributed by atoms with Crippen LogP contribution < -0.4 is 0 Å². The Morgan fingerprint density at radius 1 is 1.30 bits per heavy atom. The highest BCUT2D eigenvalue weighted by Crippen LogP contribution is 2.07. The van der Waals surface area contributed by atoms with Crippen molar-refractivity contribution in [3.63, 3.8) is 0 Å². The van der Waals surface area contributed by atoms with Gasteiger partial charge < -0.3 is 9.47 Å². The molecule has 2 nitrogen and oxygen atoms in total. The molecule has 0 aliphatic carbocycles. The molecule has 0 atom stereocenters. The van der Waals surface area contributed by atoms with Crippen molar-refractivity contribution in [2.45, 2.75) is 12.7 Å². The van der Waals surface area contributed by atoms with Crippen LogP contribution in [0.15, 0.2) is 12.2 Å². The molecule has 1 heterocycles. The minimum absolute atomic E-state index is 0.0270. The summed E-state index contributed by atoms with van der Waals surface area (Å²) in [5.41, 5.74) is 0. The van der Waals surface area contributed by atoms with E-state index < -0.39 is 0 Å². The zero-order valence-corrected chi connectivity index (χ0v) is 7.91. The van der Waals surface area contributed by atoms with Crippen LogP contribution in [0.3, 0.4) is 0 Å². The molecule has 0 saturated carbocycles. The number of halogens is 1. The van der Waals surface area contributed by atoms with Gasteiger partial charge in [0.2, 0.25) is 0 Å². The molecule has 1 rings (SSSR count). The first-order valence-corrected chi connectivity index (χ1v) is 4.90. The fourth-order valence-corrected chi connectivity index (χ4v) is 1.17. The SMILES string of the molecule is IC/C=C/CC1OCCO1. The number of rotatable bonds is 3. The number of ether oxygens (including phenoxy) is 2. The lowest BCUT2D eigenvalue weighted by Crippen LogP contribution is -2.04. The van der Waals surface area contributed by atoms with Crippen LogP contribution >= 0.6 is 22.6 Å². The molecule has 0 radical (unpaired) electrons. The van der Waals surface area contributed by atoms with Crippen LogP contribution in [0.4, 0.5) is 0 Å². The maximum Gasteiger partial charge on any atom is 0.161 e. The Kier molecular flexibility index (Phi) is 4.32. The Balaban J connectivity index is 2.06. The quantitative estimate of drug-likeness (QED) is 0.434. The van der Waals surface area contributed by atoms with Gasteiger partial charge in [0.05, 0.1) is 13.2 Å². The van der Waals surface area contributed by atoms with Crippen LogP contribution in [0.2, 0.25) is 0 Å². The van der Waals surface area contributed by atoms with Crippen molar-refractivity contribution < 1.29 is 9.47 Å². The molecule has 0 aromatic rings. The Hall–Kier alpha value is 0.390. The van der Waals surface area contributed by atoms with Crippen molar-refractivity contribution in [2.75, 3.05) is 17.6 Å². The maximum atomic E-state index is 5.22. The summed E-state index contributed by atoms with van der Waals surface area (Å²) >= 11 is 2.31. The number of alkyl halides is 1. The van der Waals surface area contributed by atoms with E-state index in [2.05, 4.69) is 34.7 Å². The van der Waals surface area contributed by atoms with E-state index in [1.807, 2.05) is 0 Å². The smallest absolute Gasteiger partial charge is 0.161 e. The van der Waals surface area contributed by atoms with Crippen LogP contribution in [-0.4, -0.2) is 23.9 Å². The Bertz CT molecular complexity index is 108. The summed E-state index contributed by atoms with van der Waals surface area (Å²) in [7, 11) is 0. The minimum Gasteiger partial charge on any atom is -0.350 e. The van der Waals surface area contributed by atoms with Crippen LogP contribution in [0.1, 0.15) is 6.42 Å². The number of hydrogen-bond donors (Lipinski definition) is 0. The van der Waals surface area contributed by atoms with Crippen molar-refractivity contribution in [1.29, 1.82) is 0 Å². The summed E-state index contributed by atoms with van der Waals surface area (Å²) in [4.78, 5) is 0. The van der Waals surface area contributed by atoms with Gasteiger partial charge in [-0.25, -0.2) is 0 Å². The molecule has 1 aliphatic rings. The summed E-state index contributed by atoms with van der Waals surface area (Å²) in [5, 5.41) is 0. The molecular formula is C7H11IO2. The lowest BCUT2D eigenvalue weighted by atomic mass is 10.4. The van der Waals surface area contributed by atoms with Gasteiger partial charge in [0, 0.05) is 10.8 Å². The van der Waals surface area contributed by atoms with E-state index in [1.165, 1.54) is 0 Å². The molecule has 0 unspecified atom stereocenters.